The van der Waals surface area contributed by atoms with Crippen LogP contribution in [0.4, 0.5) is 0 Å². The van der Waals surface area contributed by atoms with E-state index in [1.54, 1.807) is 12.1 Å². The van der Waals surface area contributed by atoms with Crippen molar-refractivity contribution >= 4 is 17.0 Å². The van der Waals surface area contributed by atoms with E-state index in [1.807, 2.05) is 36.4 Å². The molecule has 0 saturated heterocycles. The molecule has 0 spiro atoms. The summed E-state index contributed by atoms with van der Waals surface area (Å²) in [5.41, 5.74) is 6.41. The van der Waals surface area contributed by atoms with Gasteiger partial charge in [0, 0.05) is 5.56 Å². The summed E-state index contributed by atoms with van der Waals surface area (Å²) in [6.45, 7) is 4.85. The van der Waals surface area contributed by atoms with E-state index in [4.69, 9.17) is 4.98 Å². The lowest BCUT2D eigenvalue weighted by atomic mass is 10.0. The van der Waals surface area contributed by atoms with Crippen molar-refractivity contribution < 1.29 is 9.90 Å². The average molecular weight is 356 g/mol. The van der Waals surface area contributed by atoms with E-state index in [1.165, 1.54) is 16.7 Å². The van der Waals surface area contributed by atoms with Crippen LogP contribution in [0, 0.1) is 13.8 Å². The van der Waals surface area contributed by atoms with Gasteiger partial charge in [-0.1, -0.05) is 48.5 Å². The summed E-state index contributed by atoms with van der Waals surface area (Å²) in [5, 5.41) is 9.63. The zero-order valence-electron chi connectivity index (χ0n) is 15.3. The normalized spacial score (nSPS) is 11.0. The van der Waals surface area contributed by atoms with E-state index >= 15 is 0 Å². The van der Waals surface area contributed by atoms with Gasteiger partial charge in [-0.25, -0.2) is 9.78 Å². The second-order valence-corrected chi connectivity index (χ2v) is 6.73. The van der Waals surface area contributed by atoms with Gasteiger partial charge in [0.1, 0.15) is 5.82 Å². The maximum atomic E-state index is 11.8. The minimum atomic E-state index is -0.948. The lowest BCUT2D eigenvalue weighted by Crippen LogP contribution is -2.08. The fourth-order valence-electron chi connectivity index (χ4n) is 3.56. The number of aryl methyl sites for hydroxylation is 2. The molecule has 134 valence electrons. The van der Waals surface area contributed by atoms with Crippen LogP contribution in [0.2, 0.25) is 0 Å². The molecule has 3 aromatic carbocycles. The highest BCUT2D eigenvalue weighted by molar-refractivity contribution is 5.96. The van der Waals surface area contributed by atoms with Gasteiger partial charge in [-0.2, -0.15) is 0 Å². The molecule has 4 rings (SSSR count). The van der Waals surface area contributed by atoms with Crippen LogP contribution < -0.4 is 0 Å². The number of benzene rings is 3. The van der Waals surface area contributed by atoms with E-state index in [-0.39, 0.29) is 5.56 Å². The molecule has 0 radical (unpaired) electrons. The number of aromatic nitrogens is 2. The number of imidazole rings is 1. The molecular formula is C23H20N2O2. The van der Waals surface area contributed by atoms with Crippen molar-refractivity contribution in [3.05, 3.63) is 89.0 Å². The predicted molar refractivity (Wildman–Crippen MR) is 107 cm³/mol. The molecule has 0 unspecified atom stereocenters. The predicted octanol–water partition coefficient (Wildman–Crippen LogP) is 5.07. The maximum absolute atomic E-state index is 11.8. The molecule has 0 amide bonds. The van der Waals surface area contributed by atoms with E-state index in [0.717, 1.165) is 11.0 Å². The third kappa shape index (κ3) is 2.99. The SMILES string of the molecule is Cc1cccc(C)c1Cn1c(-c2ccccc2C(=O)O)nc2ccccc21. The van der Waals surface area contributed by atoms with Crippen LogP contribution in [0.25, 0.3) is 22.4 Å². The Morgan fingerprint density at radius 2 is 1.59 bits per heavy atom. The molecule has 4 aromatic rings. The van der Waals surface area contributed by atoms with Gasteiger partial charge in [-0.3, -0.25) is 0 Å². The van der Waals surface area contributed by atoms with Crippen LogP contribution in [0.15, 0.2) is 66.7 Å². The highest BCUT2D eigenvalue weighted by Crippen LogP contribution is 2.29. The molecule has 0 aliphatic rings. The second-order valence-electron chi connectivity index (χ2n) is 6.73. The quantitative estimate of drug-likeness (QED) is 0.556. The molecule has 0 aliphatic heterocycles. The molecule has 0 bridgehead atoms. The molecule has 0 aliphatic carbocycles. The minimum absolute atomic E-state index is 0.260. The maximum Gasteiger partial charge on any atom is 0.336 e. The summed E-state index contributed by atoms with van der Waals surface area (Å²) >= 11 is 0. The largest absolute Gasteiger partial charge is 0.478 e. The number of para-hydroxylation sites is 2. The summed E-state index contributed by atoms with van der Waals surface area (Å²) in [7, 11) is 0. The number of hydrogen-bond acceptors (Lipinski definition) is 2. The lowest BCUT2D eigenvalue weighted by molar-refractivity contribution is 0.0697. The number of nitrogens with zero attached hydrogens (tertiary/aromatic N) is 2. The standard InChI is InChI=1S/C23H20N2O2/c1-15-8-7-9-16(2)19(15)14-25-21-13-6-5-12-20(21)24-22(25)17-10-3-4-11-18(17)23(26)27/h3-13H,14H2,1-2H3,(H,26,27). The van der Waals surface area contributed by atoms with Crippen molar-refractivity contribution in [1.82, 2.24) is 9.55 Å². The summed E-state index contributed by atoms with van der Waals surface area (Å²) in [4.78, 5) is 16.5. The number of carbonyl (C=O) groups is 1. The third-order valence-electron chi connectivity index (χ3n) is 5.01. The van der Waals surface area contributed by atoms with Crippen molar-refractivity contribution in [2.75, 3.05) is 0 Å². The zero-order valence-corrected chi connectivity index (χ0v) is 15.3. The average Bonchev–Trinajstić information content (AvgIpc) is 3.03. The molecule has 1 N–H and O–H groups in total. The summed E-state index contributed by atoms with van der Waals surface area (Å²) in [6, 6.07) is 21.2. The van der Waals surface area contributed by atoms with Gasteiger partial charge in [-0.05, 0) is 48.7 Å². The van der Waals surface area contributed by atoms with Gasteiger partial charge in [0.25, 0.3) is 0 Å². The topological polar surface area (TPSA) is 55.1 Å². The van der Waals surface area contributed by atoms with Crippen molar-refractivity contribution in [3.8, 4) is 11.4 Å². The number of hydrogen-bond donors (Lipinski definition) is 1. The number of carboxylic acid groups (broad SMARTS) is 1. The van der Waals surface area contributed by atoms with Gasteiger partial charge in [-0.15, -0.1) is 0 Å². The van der Waals surface area contributed by atoms with Gasteiger partial charge in [0.2, 0.25) is 0 Å². The highest BCUT2D eigenvalue weighted by atomic mass is 16.4. The van der Waals surface area contributed by atoms with Crippen LogP contribution in [0.1, 0.15) is 27.0 Å². The first-order valence-electron chi connectivity index (χ1n) is 8.89. The Morgan fingerprint density at radius 3 is 2.33 bits per heavy atom. The van der Waals surface area contributed by atoms with E-state index in [0.29, 0.717) is 17.9 Å². The highest BCUT2D eigenvalue weighted by Gasteiger charge is 2.19. The Hall–Kier alpha value is -3.40. The van der Waals surface area contributed by atoms with Crippen LogP contribution in [0.5, 0.6) is 0 Å². The Bertz CT molecular complexity index is 1140. The molecule has 0 fully saturated rings. The Balaban J connectivity index is 1.98. The van der Waals surface area contributed by atoms with Crippen molar-refractivity contribution in [2.45, 2.75) is 20.4 Å². The van der Waals surface area contributed by atoms with Crippen molar-refractivity contribution in [2.24, 2.45) is 0 Å². The third-order valence-corrected chi connectivity index (χ3v) is 5.01. The smallest absolute Gasteiger partial charge is 0.336 e. The summed E-state index contributed by atoms with van der Waals surface area (Å²) in [5.74, 6) is -0.270. The van der Waals surface area contributed by atoms with Crippen molar-refractivity contribution in [3.63, 3.8) is 0 Å². The van der Waals surface area contributed by atoms with Crippen LogP contribution in [-0.2, 0) is 6.54 Å². The van der Waals surface area contributed by atoms with Gasteiger partial charge in [0.05, 0.1) is 23.1 Å². The zero-order chi connectivity index (χ0) is 19.0. The number of aromatic carboxylic acids is 1. The van der Waals surface area contributed by atoms with Gasteiger partial charge < -0.3 is 9.67 Å². The van der Waals surface area contributed by atoms with Gasteiger partial charge in [0.15, 0.2) is 0 Å². The summed E-state index contributed by atoms with van der Waals surface area (Å²) in [6.07, 6.45) is 0. The first-order valence-corrected chi connectivity index (χ1v) is 8.89. The molecule has 4 nitrogen and oxygen atoms in total. The second kappa shape index (κ2) is 6.72. The molecule has 4 heteroatoms. The number of carboxylic acids is 1. The first-order chi connectivity index (χ1) is 13.1. The van der Waals surface area contributed by atoms with E-state index in [9.17, 15) is 9.90 Å². The molecule has 1 aromatic heterocycles. The fourth-order valence-corrected chi connectivity index (χ4v) is 3.56. The first kappa shape index (κ1) is 17.0. The Morgan fingerprint density at radius 1 is 0.926 bits per heavy atom. The number of fused-ring (bicyclic) bond motifs is 1. The van der Waals surface area contributed by atoms with E-state index < -0.39 is 5.97 Å². The van der Waals surface area contributed by atoms with Crippen molar-refractivity contribution in [1.29, 1.82) is 0 Å². The minimum Gasteiger partial charge on any atom is -0.478 e. The monoisotopic (exact) mass is 356 g/mol. The molecular weight excluding hydrogens is 336 g/mol. The Kier molecular flexibility index (Phi) is 4.24. The fraction of sp³-hybridized carbons (Fsp3) is 0.130. The number of rotatable bonds is 4. The summed E-state index contributed by atoms with van der Waals surface area (Å²) < 4.78 is 2.12. The molecule has 0 atom stereocenters. The van der Waals surface area contributed by atoms with Crippen LogP contribution in [0.3, 0.4) is 0 Å². The van der Waals surface area contributed by atoms with Gasteiger partial charge >= 0.3 is 5.97 Å². The lowest BCUT2D eigenvalue weighted by Gasteiger charge is -2.15. The molecule has 0 saturated carbocycles. The van der Waals surface area contributed by atoms with Crippen LogP contribution >= 0.6 is 0 Å². The molecule has 1 heterocycles. The Labute approximate surface area is 157 Å². The van der Waals surface area contributed by atoms with Crippen LogP contribution in [-0.4, -0.2) is 20.6 Å². The van der Waals surface area contributed by atoms with E-state index in [2.05, 4.69) is 36.6 Å². The molecule has 27 heavy (non-hydrogen) atoms.